The molecular weight excluding hydrogens is 228 g/mol. The topological polar surface area (TPSA) is 66.0 Å². The molecule has 0 fully saturated rings. The second-order valence-electron chi connectivity index (χ2n) is 4.64. The van der Waals surface area contributed by atoms with Crippen molar-refractivity contribution >= 4 is 0 Å². The number of aryl methyl sites for hydroxylation is 1. The summed E-state index contributed by atoms with van der Waals surface area (Å²) in [6.45, 7) is 3.18. The van der Waals surface area contributed by atoms with E-state index in [2.05, 4.69) is 29.1 Å². The lowest BCUT2D eigenvalue weighted by Gasteiger charge is -2.09. The number of aromatic nitrogens is 3. The van der Waals surface area contributed by atoms with Gasteiger partial charge in [-0.3, -0.25) is 0 Å². The summed E-state index contributed by atoms with van der Waals surface area (Å²) in [7, 11) is 0. The molecule has 1 unspecified atom stereocenters. The maximum Gasteiger partial charge on any atom is 0.164 e. The van der Waals surface area contributed by atoms with Gasteiger partial charge in [-0.2, -0.15) is 5.10 Å². The van der Waals surface area contributed by atoms with Crippen LogP contribution in [0.2, 0.25) is 0 Å². The third-order valence-corrected chi connectivity index (χ3v) is 3.11. The van der Waals surface area contributed by atoms with Crippen LogP contribution in [0, 0.1) is 6.92 Å². The van der Waals surface area contributed by atoms with E-state index in [9.17, 15) is 0 Å². The summed E-state index contributed by atoms with van der Waals surface area (Å²) in [6.07, 6.45) is 2.77. The van der Waals surface area contributed by atoms with Crippen molar-refractivity contribution in [2.75, 3.05) is 0 Å². The number of hydrogen-bond donors (Lipinski definition) is 1. The molecule has 18 heavy (non-hydrogen) atoms. The van der Waals surface area contributed by atoms with Gasteiger partial charge < -0.3 is 10.5 Å². The first-order valence-electron chi connectivity index (χ1n) is 6.09. The SMILES string of the molecule is Cc1ccc2c(c1)CC(Cn1cnc(CN)n1)O2. The Morgan fingerprint density at radius 1 is 1.50 bits per heavy atom. The van der Waals surface area contributed by atoms with Crippen molar-refractivity contribution in [1.29, 1.82) is 0 Å². The van der Waals surface area contributed by atoms with E-state index < -0.39 is 0 Å². The van der Waals surface area contributed by atoms with E-state index in [-0.39, 0.29) is 6.10 Å². The van der Waals surface area contributed by atoms with E-state index in [4.69, 9.17) is 10.5 Å². The smallest absolute Gasteiger partial charge is 0.164 e. The highest BCUT2D eigenvalue weighted by atomic mass is 16.5. The van der Waals surface area contributed by atoms with Gasteiger partial charge in [-0.15, -0.1) is 0 Å². The molecule has 1 aliphatic rings. The van der Waals surface area contributed by atoms with Crippen LogP contribution in [0.15, 0.2) is 24.5 Å². The number of rotatable bonds is 3. The van der Waals surface area contributed by atoms with Crippen LogP contribution in [-0.4, -0.2) is 20.9 Å². The molecule has 0 spiro atoms. The average Bonchev–Trinajstić information content (AvgIpc) is 2.95. The second-order valence-corrected chi connectivity index (χ2v) is 4.64. The Hall–Kier alpha value is -1.88. The number of hydrogen-bond acceptors (Lipinski definition) is 4. The summed E-state index contributed by atoms with van der Waals surface area (Å²) in [5.74, 6) is 1.66. The first-order valence-corrected chi connectivity index (χ1v) is 6.09. The van der Waals surface area contributed by atoms with Crippen LogP contribution in [0.1, 0.15) is 17.0 Å². The minimum absolute atomic E-state index is 0.133. The van der Waals surface area contributed by atoms with E-state index >= 15 is 0 Å². The van der Waals surface area contributed by atoms with Crippen LogP contribution in [0.5, 0.6) is 5.75 Å². The fraction of sp³-hybridized carbons (Fsp3) is 0.385. The minimum Gasteiger partial charge on any atom is -0.488 e. The first-order chi connectivity index (χ1) is 8.74. The summed E-state index contributed by atoms with van der Waals surface area (Å²) < 4.78 is 7.69. The Morgan fingerprint density at radius 2 is 2.39 bits per heavy atom. The third kappa shape index (κ3) is 2.09. The summed E-state index contributed by atoms with van der Waals surface area (Å²) >= 11 is 0. The van der Waals surface area contributed by atoms with Gasteiger partial charge in [0.1, 0.15) is 18.2 Å². The van der Waals surface area contributed by atoms with Crippen LogP contribution in [0.4, 0.5) is 0 Å². The van der Waals surface area contributed by atoms with Gasteiger partial charge in [0.05, 0.1) is 13.1 Å². The van der Waals surface area contributed by atoms with Crippen LogP contribution in [0.25, 0.3) is 0 Å². The summed E-state index contributed by atoms with van der Waals surface area (Å²) in [4.78, 5) is 4.11. The van der Waals surface area contributed by atoms with Crippen molar-refractivity contribution in [2.45, 2.75) is 32.5 Å². The lowest BCUT2D eigenvalue weighted by atomic mass is 10.1. The van der Waals surface area contributed by atoms with Crippen molar-refractivity contribution < 1.29 is 4.74 Å². The molecule has 1 aromatic carbocycles. The highest BCUT2D eigenvalue weighted by Crippen LogP contribution is 2.29. The van der Waals surface area contributed by atoms with Gasteiger partial charge in [-0.1, -0.05) is 17.7 Å². The monoisotopic (exact) mass is 244 g/mol. The quantitative estimate of drug-likeness (QED) is 0.876. The van der Waals surface area contributed by atoms with Gasteiger partial charge in [0.25, 0.3) is 0 Å². The minimum atomic E-state index is 0.133. The summed E-state index contributed by atoms with van der Waals surface area (Å²) in [5, 5.41) is 4.27. The number of ether oxygens (including phenoxy) is 1. The number of nitrogens with zero attached hydrogens (tertiary/aromatic N) is 3. The fourth-order valence-electron chi connectivity index (χ4n) is 2.27. The molecule has 0 amide bonds. The van der Waals surface area contributed by atoms with Crippen molar-refractivity contribution in [3.63, 3.8) is 0 Å². The fourth-order valence-corrected chi connectivity index (χ4v) is 2.27. The molecule has 1 atom stereocenters. The Bertz CT molecular complexity index is 564. The van der Waals surface area contributed by atoms with Gasteiger partial charge in [-0.25, -0.2) is 9.67 Å². The Morgan fingerprint density at radius 3 is 3.17 bits per heavy atom. The van der Waals surface area contributed by atoms with Crippen molar-refractivity contribution in [3.05, 3.63) is 41.5 Å². The average molecular weight is 244 g/mol. The zero-order valence-corrected chi connectivity index (χ0v) is 10.3. The van der Waals surface area contributed by atoms with Crippen molar-refractivity contribution in [2.24, 2.45) is 5.73 Å². The van der Waals surface area contributed by atoms with Gasteiger partial charge in [0.15, 0.2) is 5.82 Å². The Kier molecular flexibility index (Phi) is 2.76. The zero-order chi connectivity index (χ0) is 12.5. The number of benzene rings is 1. The molecule has 0 radical (unpaired) electrons. The molecular formula is C13H16N4O. The molecule has 1 aromatic heterocycles. The van der Waals surface area contributed by atoms with E-state index in [1.54, 1.807) is 11.0 Å². The Balaban J connectivity index is 1.70. The molecule has 2 aromatic rings. The largest absolute Gasteiger partial charge is 0.488 e. The predicted octanol–water partition coefficient (Wildman–Crippen LogP) is 1.05. The molecule has 2 N–H and O–H groups in total. The van der Waals surface area contributed by atoms with Crippen LogP contribution >= 0.6 is 0 Å². The van der Waals surface area contributed by atoms with E-state index in [0.717, 1.165) is 12.2 Å². The molecule has 94 valence electrons. The van der Waals surface area contributed by atoms with Crippen LogP contribution in [0.3, 0.4) is 0 Å². The molecule has 3 rings (SSSR count). The summed E-state index contributed by atoms with van der Waals surface area (Å²) in [6, 6.07) is 6.29. The molecule has 0 aliphatic carbocycles. The molecule has 1 aliphatic heterocycles. The molecule has 0 bridgehead atoms. The lowest BCUT2D eigenvalue weighted by Crippen LogP contribution is -2.21. The molecule has 5 heteroatoms. The third-order valence-electron chi connectivity index (χ3n) is 3.11. The predicted molar refractivity (Wildman–Crippen MR) is 67.2 cm³/mol. The maximum atomic E-state index is 5.89. The van der Waals surface area contributed by atoms with E-state index in [0.29, 0.717) is 18.9 Å². The molecule has 0 saturated heterocycles. The Labute approximate surface area is 106 Å². The van der Waals surface area contributed by atoms with Gasteiger partial charge in [0, 0.05) is 6.42 Å². The van der Waals surface area contributed by atoms with Crippen molar-refractivity contribution in [3.8, 4) is 5.75 Å². The van der Waals surface area contributed by atoms with E-state index in [1.807, 2.05) is 6.07 Å². The van der Waals surface area contributed by atoms with Crippen LogP contribution < -0.4 is 10.5 Å². The maximum absolute atomic E-state index is 5.89. The normalized spacial score (nSPS) is 17.6. The zero-order valence-electron chi connectivity index (χ0n) is 10.3. The lowest BCUT2D eigenvalue weighted by molar-refractivity contribution is 0.203. The highest BCUT2D eigenvalue weighted by Gasteiger charge is 2.23. The standard InChI is InChI=1S/C13H16N4O/c1-9-2-3-12-10(4-9)5-11(18-12)7-17-8-15-13(6-14)16-17/h2-4,8,11H,5-7,14H2,1H3. The van der Waals surface area contributed by atoms with Gasteiger partial charge in [-0.05, 0) is 18.6 Å². The van der Waals surface area contributed by atoms with Gasteiger partial charge >= 0.3 is 0 Å². The van der Waals surface area contributed by atoms with Crippen molar-refractivity contribution in [1.82, 2.24) is 14.8 Å². The molecule has 0 saturated carbocycles. The first kappa shape index (κ1) is 11.2. The van der Waals surface area contributed by atoms with Crippen LogP contribution in [-0.2, 0) is 19.5 Å². The molecule has 5 nitrogen and oxygen atoms in total. The number of nitrogens with two attached hydrogens (primary N) is 1. The molecule has 2 heterocycles. The summed E-state index contributed by atoms with van der Waals surface area (Å²) in [5.41, 5.74) is 8.03. The van der Waals surface area contributed by atoms with E-state index in [1.165, 1.54) is 11.1 Å². The van der Waals surface area contributed by atoms with Gasteiger partial charge in [0.2, 0.25) is 0 Å². The second kappa shape index (κ2) is 4.42. The number of fused-ring (bicyclic) bond motifs is 1. The highest BCUT2D eigenvalue weighted by molar-refractivity contribution is 5.40.